The highest BCUT2D eigenvalue weighted by Gasteiger charge is 2.14. The van der Waals surface area contributed by atoms with Gasteiger partial charge in [0.15, 0.2) is 0 Å². The summed E-state index contributed by atoms with van der Waals surface area (Å²) in [7, 11) is 3.33. The van der Waals surface area contributed by atoms with E-state index in [9.17, 15) is 9.59 Å². The van der Waals surface area contributed by atoms with Crippen molar-refractivity contribution in [2.45, 2.75) is 6.92 Å². The Balaban J connectivity index is 2.79. The van der Waals surface area contributed by atoms with E-state index in [1.165, 1.54) is 7.05 Å². The second-order valence-corrected chi connectivity index (χ2v) is 4.63. The molecule has 0 aliphatic carbocycles. The zero-order valence-electron chi connectivity index (χ0n) is 11.2. The Morgan fingerprint density at radius 3 is 2.53 bits per heavy atom. The molecule has 0 fully saturated rings. The number of halogens is 1. The maximum atomic E-state index is 11.8. The quantitative estimate of drug-likeness (QED) is 0.767. The number of carbonyl (C=O) groups is 2. The third kappa shape index (κ3) is 4.22. The summed E-state index contributed by atoms with van der Waals surface area (Å²) in [5, 5.41) is 8.50. The maximum Gasteiger partial charge on any atom is 0.252 e. The van der Waals surface area contributed by atoms with Crippen molar-refractivity contribution in [2.75, 3.05) is 26.0 Å². The summed E-state index contributed by atoms with van der Waals surface area (Å²) in [4.78, 5) is 23.3. The largest absolute Gasteiger partial charge is 0.355 e. The van der Waals surface area contributed by atoms with Crippen molar-refractivity contribution in [3.8, 4) is 0 Å². The van der Waals surface area contributed by atoms with Crippen LogP contribution >= 0.6 is 11.6 Å². The van der Waals surface area contributed by atoms with Gasteiger partial charge in [-0.1, -0.05) is 18.5 Å². The summed E-state index contributed by atoms with van der Waals surface area (Å²) in [6.45, 7) is 2.42. The zero-order valence-corrected chi connectivity index (χ0v) is 12.0. The Bertz CT molecular complexity index is 477. The third-order valence-corrected chi connectivity index (χ3v) is 2.98. The normalized spacial score (nSPS) is 11.8. The molecule has 1 unspecified atom stereocenters. The first kappa shape index (κ1) is 15.5. The van der Waals surface area contributed by atoms with Crippen molar-refractivity contribution in [1.82, 2.24) is 10.6 Å². The molecule has 0 heterocycles. The van der Waals surface area contributed by atoms with Gasteiger partial charge in [-0.3, -0.25) is 9.59 Å². The summed E-state index contributed by atoms with van der Waals surface area (Å²) in [6, 6.07) is 4.80. The minimum atomic E-state index is -0.258. The maximum absolute atomic E-state index is 11.8. The summed E-state index contributed by atoms with van der Waals surface area (Å²) < 4.78 is 0. The number of carbonyl (C=O) groups excluding carboxylic acids is 2. The van der Waals surface area contributed by atoms with Crippen molar-refractivity contribution in [1.29, 1.82) is 0 Å². The van der Waals surface area contributed by atoms with Crippen LogP contribution in [0, 0.1) is 5.92 Å². The Labute approximate surface area is 117 Å². The standard InChI is InChI=1S/C13H18ClN3O2/c1-8(7-15-2)12(18)17-9-4-5-10(11(14)6-9)13(19)16-3/h4-6,8,15H,7H2,1-3H3,(H,16,19)(H,17,18). The van der Waals surface area contributed by atoms with Crippen LogP contribution in [0.4, 0.5) is 5.69 Å². The molecule has 0 bridgehead atoms. The molecular formula is C13H18ClN3O2. The predicted molar refractivity (Wildman–Crippen MR) is 76.6 cm³/mol. The number of amides is 2. The van der Waals surface area contributed by atoms with Crippen LogP contribution in [0.25, 0.3) is 0 Å². The van der Waals surface area contributed by atoms with Crippen LogP contribution in [0.5, 0.6) is 0 Å². The van der Waals surface area contributed by atoms with Crippen molar-refractivity contribution in [3.63, 3.8) is 0 Å². The van der Waals surface area contributed by atoms with Crippen LogP contribution in [0.1, 0.15) is 17.3 Å². The fourth-order valence-electron chi connectivity index (χ4n) is 1.58. The average Bonchev–Trinajstić information content (AvgIpc) is 2.38. The van der Waals surface area contributed by atoms with E-state index in [0.29, 0.717) is 22.8 Å². The number of anilines is 1. The molecule has 0 aliphatic rings. The number of nitrogens with one attached hydrogen (secondary N) is 3. The number of benzene rings is 1. The molecule has 1 aromatic carbocycles. The van der Waals surface area contributed by atoms with Gasteiger partial charge in [0.25, 0.3) is 5.91 Å². The molecule has 0 spiro atoms. The van der Waals surface area contributed by atoms with E-state index in [2.05, 4.69) is 16.0 Å². The lowest BCUT2D eigenvalue weighted by atomic mass is 10.1. The second kappa shape index (κ2) is 7.11. The molecule has 104 valence electrons. The molecule has 19 heavy (non-hydrogen) atoms. The molecular weight excluding hydrogens is 266 g/mol. The zero-order chi connectivity index (χ0) is 14.4. The van der Waals surface area contributed by atoms with Crippen LogP contribution in [-0.2, 0) is 4.79 Å². The Morgan fingerprint density at radius 2 is 2.00 bits per heavy atom. The highest BCUT2D eigenvalue weighted by atomic mass is 35.5. The average molecular weight is 284 g/mol. The van der Waals surface area contributed by atoms with E-state index in [4.69, 9.17) is 11.6 Å². The Kier molecular flexibility index (Phi) is 5.79. The van der Waals surface area contributed by atoms with Crippen molar-refractivity contribution in [3.05, 3.63) is 28.8 Å². The minimum Gasteiger partial charge on any atom is -0.355 e. The monoisotopic (exact) mass is 283 g/mol. The van der Waals surface area contributed by atoms with Gasteiger partial charge in [0.1, 0.15) is 0 Å². The third-order valence-electron chi connectivity index (χ3n) is 2.67. The molecule has 0 saturated heterocycles. The second-order valence-electron chi connectivity index (χ2n) is 4.22. The first-order chi connectivity index (χ1) is 8.99. The van der Waals surface area contributed by atoms with E-state index >= 15 is 0 Å². The van der Waals surface area contributed by atoms with Gasteiger partial charge >= 0.3 is 0 Å². The van der Waals surface area contributed by atoms with Crippen LogP contribution in [0.15, 0.2) is 18.2 Å². The van der Waals surface area contributed by atoms with Gasteiger partial charge in [-0.15, -0.1) is 0 Å². The number of rotatable bonds is 5. The molecule has 5 nitrogen and oxygen atoms in total. The SMILES string of the molecule is CNCC(C)C(=O)Nc1ccc(C(=O)NC)c(Cl)c1. The van der Waals surface area contributed by atoms with Gasteiger partial charge < -0.3 is 16.0 Å². The summed E-state index contributed by atoms with van der Waals surface area (Å²) in [5.74, 6) is -0.507. The molecule has 3 N–H and O–H groups in total. The van der Waals surface area contributed by atoms with Crippen LogP contribution in [0.3, 0.4) is 0 Å². The van der Waals surface area contributed by atoms with E-state index in [1.54, 1.807) is 25.2 Å². The summed E-state index contributed by atoms with van der Waals surface area (Å²) in [5.41, 5.74) is 0.955. The Hall–Kier alpha value is -1.59. The van der Waals surface area contributed by atoms with Gasteiger partial charge in [0, 0.05) is 25.2 Å². The van der Waals surface area contributed by atoms with Gasteiger partial charge in [-0.2, -0.15) is 0 Å². The van der Waals surface area contributed by atoms with Crippen molar-refractivity contribution in [2.24, 2.45) is 5.92 Å². The molecule has 1 rings (SSSR count). The summed E-state index contributed by atoms with van der Waals surface area (Å²) in [6.07, 6.45) is 0. The van der Waals surface area contributed by atoms with Gasteiger partial charge in [-0.05, 0) is 25.2 Å². The van der Waals surface area contributed by atoms with Crippen LogP contribution in [0.2, 0.25) is 5.02 Å². The van der Waals surface area contributed by atoms with E-state index < -0.39 is 0 Å². The minimum absolute atomic E-state index is 0.0990. The van der Waals surface area contributed by atoms with Crippen LogP contribution < -0.4 is 16.0 Å². The number of hydrogen-bond acceptors (Lipinski definition) is 3. The molecule has 0 radical (unpaired) electrons. The summed E-state index contributed by atoms with van der Waals surface area (Å²) >= 11 is 6.00. The smallest absolute Gasteiger partial charge is 0.252 e. The number of hydrogen-bond donors (Lipinski definition) is 3. The van der Waals surface area contributed by atoms with E-state index in [0.717, 1.165) is 0 Å². The lowest BCUT2D eigenvalue weighted by Gasteiger charge is -2.12. The van der Waals surface area contributed by atoms with E-state index in [1.807, 2.05) is 6.92 Å². The van der Waals surface area contributed by atoms with Crippen LogP contribution in [-0.4, -0.2) is 32.5 Å². The van der Waals surface area contributed by atoms with E-state index in [-0.39, 0.29) is 17.7 Å². The predicted octanol–water partition coefficient (Wildman–Crippen LogP) is 1.49. The lowest BCUT2D eigenvalue weighted by molar-refractivity contribution is -0.119. The highest BCUT2D eigenvalue weighted by molar-refractivity contribution is 6.34. The first-order valence-corrected chi connectivity index (χ1v) is 6.34. The van der Waals surface area contributed by atoms with Gasteiger partial charge in [0.05, 0.1) is 10.6 Å². The first-order valence-electron chi connectivity index (χ1n) is 5.96. The molecule has 2 amide bonds. The lowest BCUT2D eigenvalue weighted by Crippen LogP contribution is -2.28. The topological polar surface area (TPSA) is 70.2 Å². The fourth-order valence-corrected chi connectivity index (χ4v) is 1.84. The fraction of sp³-hybridized carbons (Fsp3) is 0.385. The molecule has 6 heteroatoms. The molecule has 0 aliphatic heterocycles. The van der Waals surface area contributed by atoms with Gasteiger partial charge in [0.2, 0.25) is 5.91 Å². The highest BCUT2D eigenvalue weighted by Crippen LogP contribution is 2.21. The molecule has 0 aromatic heterocycles. The van der Waals surface area contributed by atoms with Crippen molar-refractivity contribution >= 4 is 29.1 Å². The molecule has 1 aromatic rings. The van der Waals surface area contributed by atoms with Gasteiger partial charge in [-0.25, -0.2) is 0 Å². The van der Waals surface area contributed by atoms with Crippen molar-refractivity contribution < 1.29 is 9.59 Å². The molecule has 0 saturated carbocycles. The Morgan fingerprint density at radius 1 is 1.32 bits per heavy atom. The molecule has 1 atom stereocenters.